The maximum Gasteiger partial charge on any atom is 0.313 e. The molecule has 0 bridgehead atoms. The molecule has 1 heterocycles. The average molecular weight is 484 g/mol. The number of esters is 1. The summed E-state index contributed by atoms with van der Waals surface area (Å²) in [5.41, 5.74) is 8.76. The van der Waals surface area contributed by atoms with Gasteiger partial charge in [-0.15, -0.1) is 0 Å². The van der Waals surface area contributed by atoms with Crippen molar-refractivity contribution in [3.05, 3.63) is 88.3 Å². The smallest absolute Gasteiger partial charge is 0.313 e. The Morgan fingerprint density at radius 2 is 1.83 bits per heavy atom. The number of aliphatic hydroxyl groups is 1. The lowest BCUT2D eigenvalue weighted by molar-refractivity contribution is -0.154. The molecule has 5 heteroatoms. The zero-order valence-corrected chi connectivity index (χ0v) is 21.6. The second kappa shape index (κ2) is 10.5. The van der Waals surface area contributed by atoms with E-state index in [0.717, 1.165) is 38.9 Å². The highest BCUT2D eigenvalue weighted by molar-refractivity contribution is 5.83. The number of aryl methyl sites for hydroxylation is 3. The first kappa shape index (κ1) is 25.4. The van der Waals surface area contributed by atoms with Crippen molar-refractivity contribution in [2.75, 3.05) is 13.7 Å². The van der Waals surface area contributed by atoms with Crippen LogP contribution < -0.4 is 0 Å². The average Bonchev–Trinajstić information content (AvgIpc) is 3.26. The van der Waals surface area contributed by atoms with Gasteiger partial charge in [0.2, 0.25) is 0 Å². The summed E-state index contributed by atoms with van der Waals surface area (Å²) < 4.78 is 10.6. The van der Waals surface area contributed by atoms with E-state index >= 15 is 0 Å². The number of rotatable bonds is 8. The molecule has 0 fully saturated rings. The number of hydrogen-bond donors (Lipinski definition) is 1. The number of nitrogens with zero attached hydrogens (tertiary/aromatic N) is 1. The Kier molecular flexibility index (Phi) is 7.41. The maximum atomic E-state index is 12.1. The summed E-state index contributed by atoms with van der Waals surface area (Å²) >= 11 is 0. The van der Waals surface area contributed by atoms with Crippen LogP contribution in [0.1, 0.15) is 47.1 Å². The van der Waals surface area contributed by atoms with Crippen LogP contribution in [0.4, 0.5) is 0 Å². The highest BCUT2D eigenvalue weighted by Crippen LogP contribution is 2.30. The zero-order valence-electron chi connectivity index (χ0n) is 21.6. The van der Waals surface area contributed by atoms with Gasteiger partial charge in [-0.1, -0.05) is 54.6 Å². The number of ether oxygens (including phenoxy) is 1. The first-order chi connectivity index (χ1) is 17.2. The first-order valence-electron chi connectivity index (χ1n) is 12.2. The van der Waals surface area contributed by atoms with Crippen LogP contribution in [0, 0.1) is 26.2 Å². The van der Waals surface area contributed by atoms with E-state index in [1.54, 1.807) is 6.92 Å². The van der Waals surface area contributed by atoms with Crippen molar-refractivity contribution in [2.24, 2.45) is 5.41 Å². The standard InChI is InChI=1S/C31H33NO4/c1-20-9-10-23(15-16-31(4,19-33)30(34)35-5)17-25(20)12-11-24-7-6-8-27(21(24)2)26-13-14-28-29(18-26)36-22(3)32-28/h6-14,17-18,33H,15-16,19H2,1-5H3/b12-11+/t31-/m0/s1. The van der Waals surface area contributed by atoms with Crippen LogP contribution in [0.3, 0.4) is 0 Å². The molecule has 36 heavy (non-hydrogen) atoms. The molecule has 0 saturated heterocycles. The number of carbonyl (C=O) groups excluding carboxylic acids is 1. The van der Waals surface area contributed by atoms with Crippen LogP contribution in [-0.4, -0.2) is 29.8 Å². The lowest BCUT2D eigenvalue weighted by atomic mass is 9.84. The van der Waals surface area contributed by atoms with E-state index in [0.29, 0.717) is 18.7 Å². The molecule has 0 amide bonds. The molecule has 4 rings (SSSR count). The van der Waals surface area contributed by atoms with E-state index < -0.39 is 5.41 Å². The Bertz CT molecular complexity index is 1430. The van der Waals surface area contributed by atoms with Gasteiger partial charge in [-0.2, -0.15) is 0 Å². The van der Waals surface area contributed by atoms with Gasteiger partial charge in [0.25, 0.3) is 0 Å². The zero-order chi connectivity index (χ0) is 25.9. The SMILES string of the molecule is COC(=O)[C@](C)(CO)CCc1ccc(C)c(/C=C/c2cccc(-c3ccc4nc(C)oc4c3)c2C)c1. The second-order valence-corrected chi connectivity index (χ2v) is 9.67. The van der Waals surface area contributed by atoms with Crippen LogP contribution in [0.5, 0.6) is 0 Å². The molecule has 186 valence electrons. The molecule has 0 aliphatic carbocycles. The van der Waals surface area contributed by atoms with Gasteiger partial charge in [-0.05, 0) is 84.7 Å². The number of hydrogen-bond acceptors (Lipinski definition) is 5. The third-order valence-corrected chi connectivity index (χ3v) is 6.96. The molecule has 5 nitrogen and oxygen atoms in total. The largest absolute Gasteiger partial charge is 0.469 e. The normalized spacial score (nSPS) is 13.3. The van der Waals surface area contributed by atoms with Crippen LogP contribution >= 0.6 is 0 Å². The Balaban J connectivity index is 1.58. The van der Waals surface area contributed by atoms with Crippen molar-refractivity contribution in [3.8, 4) is 11.1 Å². The summed E-state index contributed by atoms with van der Waals surface area (Å²) in [6, 6.07) is 18.8. The van der Waals surface area contributed by atoms with E-state index in [-0.39, 0.29) is 12.6 Å². The van der Waals surface area contributed by atoms with Gasteiger partial charge in [0.05, 0.1) is 19.1 Å². The molecular weight excluding hydrogens is 450 g/mol. The van der Waals surface area contributed by atoms with Crippen molar-refractivity contribution in [3.63, 3.8) is 0 Å². The molecule has 3 aromatic carbocycles. The Labute approximate surface area is 212 Å². The van der Waals surface area contributed by atoms with Gasteiger partial charge >= 0.3 is 5.97 Å². The maximum absolute atomic E-state index is 12.1. The molecule has 1 atom stereocenters. The fourth-order valence-electron chi connectivity index (χ4n) is 4.47. The summed E-state index contributed by atoms with van der Waals surface area (Å²) in [5, 5.41) is 9.74. The van der Waals surface area contributed by atoms with E-state index in [1.807, 2.05) is 19.1 Å². The quantitative estimate of drug-likeness (QED) is 0.223. The van der Waals surface area contributed by atoms with Gasteiger partial charge in [-0.3, -0.25) is 4.79 Å². The third kappa shape index (κ3) is 5.26. The molecular formula is C31H33NO4. The summed E-state index contributed by atoms with van der Waals surface area (Å²) in [7, 11) is 1.36. The minimum atomic E-state index is -0.902. The predicted molar refractivity (Wildman–Crippen MR) is 145 cm³/mol. The van der Waals surface area contributed by atoms with Crippen molar-refractivity contribution >= 4 is 29.2 Å². The Hall–Kier alpha value is -3.70. The van der Waals surface area contributed by atoms with Gasteiger partial charge < -0.3 is 14.3 Å². The highest BCUT2D eigenvalue weighted by Gasteiger charge is 2.33. The third-order valence-electron chi connectivity index (χ3n) is 6.96. The van der Waals surface area contributed by atoms with Crippen molar-refractivity contribution in [1.82, 2.24) is 4.98 Å². The van der Waals surface area contributed by atoms with Crippen molar-refractivity contribution < 1.29 is 19.1 Å². The van der Waals surface area contributed by atoms with E-state index in [9.17, 15) is 9.90 Å². The van der Waals surface area contributed by atoms with Crippen LogP contribution in [-0.2, 0) is 16.0 Å². The molecule has 0 aliphatic rings. The topological polar surface area (TPSA) is 72.6 Å². The van der Waals surface area contributed by atoms with Crippen molar-refractivity contribution in [2.45, 2.75) is 40.5 Å². The molecule has 0 aliphatic heterocycles. The molecule has 1 N–H and O–H groups in total. The van der Waals surface area contributed by atoms with Crippen LogP contribution in [0.2, 0.25) is 0 Å². The number of aromatic nitrogens is 1. The lowest BCUT2D eigenvalue weighted by Crippen LogP contribution is -2.33. The monoisotopic (exact) mass is 483 g/mol. The van der Waals surface area contributed by atoms with E-state index in [4.69, 9.17) is 9.15 Å². The summed E-state index contributed by atoms with van der Waals surface area (Å²) in [5.74, 6) is 0.282. The number of methoxy groups -OCH3 is 1. The van der Waals surface area contributed by atoms with E-state index in [2.05, 4.69) is 73.4 Å². The van der Waals surface area contributed by atoms with Crippen molar-refractivity contribution in [1.29, 1.82) is 0 Å². The minimum Gasteiger partial charge on any atom is -0.469 e. The van der Waals surface area contributed by atoms with Gasteiger partial charge in [0.15, 0.2) is 11.5 Å². The predicted octanol–water partition coefficient (Wildman–Crippen LogP) is 6.69. The van der Waals surface area contributed by atoms with Crippen LogP contribution in [0.15, 0.2) is 59.0 Å². The molecule has 0 radical (unpaired) electrons. The van der Waals surface area contributed by atoms with Crippen LogP contribution in [0.25, 0.3) is 34.4 Å². The minimum absolute atomic E-state index is 0.239. The summed E-state index contributed by atoms with van der Waals surface area (Å²) in [6.45, 7) is 7.59. The first-order valence-corrected chi connectivity index (χ1v) is 12.2. The summed E-state index contributed by atoms with van der Waals surface area (Å²) in [6.07, 6.45) is 5.47. The van der Waals surface area contributed by atoms with E-state index in [1.165, 1.54) is 18.2 Å². The molecule has 0 unspecified atom stereocenters. The van der Waals surface area contributed by atoms with Gasteiger partial charge in [0, 0.05) is 6.92 Å². The lowest BCUT2D eigenvalue weighted by Gasteiger charge is -2.24. The molecule has 0 saturated carbocycles. The Morgan fingerprint density at radius 3 is 2.58 bits per heavy atom. The molecule has 1 aromatic heterocycles. The number of benzene rings is 3. The Morgan fingerprint density at radius 1 is 1.06 bits per heavy atom. The highest BCUT2D eigenvalue weighted by atomic mass is 16.5. The number of fused-ring (bicyclic) bond motifs is 1. The second-order valence-electron chi connectivity index (χ2n) is 9.67. The summed E-state index contributed by atoms with van der Waals surface area (Å²) in [4.78, 5) is 16.5. The van der Waals surface area contributed by atoms with Gasteiger partial charge in [-0.25, -0.2) is 4.98 Å². The fourth-order valence-corrected chi connectivity index (χ4v) is 4.47. The van der Waals surface area contributed by atoms with Gasteiger partial charge in [0.1, 0.15) is 5.52 Å². The fraction of sp³-hybridized carbons (Fsp3) is 0.290. The molecule has 4 aromatic rings. The number of oxazole rings is 1. The molecule has 0 spiro atoms. The number of aliphatic hydroxyl groups excluding tert-OH is 1. The number of carbonyl (C=O) groups is 1.